The molecule has 1 aliphatic rings. The molecule has 0 radical (unpaired) electrons. The van der Waals surface area contributed by atoms with Crippen LogP contribution in [-0.4, -0.2) is 17.9 Å². The van der Waals surface area contributed by atoms with Crippen molar-refractivity contribution >= 4 is 11.8 Å². The summed E-state index contributed by atoms with van der Waals surface area (Å²) in [6.45, 7) is 5.88. The topological polar surface area (TPSA) is 52.6 Å². The highest BCUT2D eigenvalue weighted by molar-refractivity contribution is 6.00. The van der Waals surface area contributed by atoms with Crippen LogP contribution in [0.5, 0.6) is 0 Å². The molecule has 1 aliphatic heterocycles. The lowest BCUT2D eigenvalue weighted by Gasteiger charge is -2.05. The minimum atomic E-state index is -0.530. The van der Waals surface area contributed by atoms with E-state index < -0.39 is 6.10 Å². The third kappa shape index (κ3) is 16.4. The third-order valence-corrected chi connectivity index (χ3v) is 7.44. The molecule has 0 aromatic heterocycles. The van der Waals surface area contributed by atoms with E-state index >= 15 is 0 Å². The molecular weight excluding hydrogens is 448 g/mol. The van der Waals surface area contributed by atoms with Gasteiger partial charge in [0, 0.05) is 12.8 Å². The van der Waals surface area contributed by atoms with Crippen LogP contribution in [0.25, 0.3) is 0 Å². The van der Waals surface area contributed by atoms with E-state index in [9.17, 15) is 9.59 Å². The van der Waals surface area contributed by atoms with Gasteiger partial charge in [0.05, 0.1) is 0 Å². The second-order valence-electron chi connectivity index (χ2n) is 10.9. The van der Waals surface area contributed by atoms with Crippen molar-refractivity contribution in [1.29, 1.82) is 0 Å². The van der Waals surface area contributed by atoms with Gasteiger partial charge in [-0.05, 0) is 13.3 Å². The number of carbonyl (C=O) groups is 2. The summed E-state index contributed by atoms with van der Waals surface area (Å²) in [6.07, 6.45) is 30.2. The van der Waals surface area contributed by atoms with Crippen molar-refractivity contribution in [3.05, 3.63) is 11.5 Å². The summed E-state index contributed by atoms with van der Waals surface area (Å²) in [5.41, 5.74) is 0. The second kappa shape index (κ2) is 22.8. The molecule has 0 aliphatic carbocycles. The predicted octanol–water partition coefficient (Wildman–Crippen LogP) is 10.1. The first-order chi connectivity index (χ1) is 17.6. The second-order valence-corrected chi connectivity index (χ2v) is 10.9. The smallest absolute Gasteiger partial charge is 0.311 e. The number of unbranched alkanes of at least 4 members (excludes halogenated alkanes) is 21. The van der Waals surface area contributed by atoms with Crippen molar-refractivity contribution in [1.82, 2.24) is 0 Å². The van der Waals surface area contributed by atoms with Crippen molar-refractivity contribution in [3.8, 4) is 0 Å². The normalized spacial score (nSPS) is 15.5. The molecule has 4 heteroatoms. The quantitative estimate of drug-likeness (QED) is 0.0912. The van der Waals surface area contributed by atoms with E-state index in [-0.39, 0.29) is 17.5 Å². The monoisotopic (exact) mass is 506 g/mol. The van der Waals surface area contributed by atoms with E-state index in [1.165, 1.54) is 128 Å². The zero-order chi connectivity index (χ0) is 26.3. The maximum Gasteiger partial charge on any atom is 0.311 e. The van der Waals surface area contributed by atoms with Crippen LogP contribution in [-0.2, 0) is 19.1 Å². The van der Waals surface area contributed by atoms with Crippen LogP contribution in [0.2, 0.25) is 0 Å². The van der Waals surface area contributed by atoms with Gasteiger partial charge in [-0.2, -0.15) is 0 Å². The van der Waals surface area contributed by atoms with Crippen LogP contribution in [0.1, 0.15) is 175 Å². The number of carbonyl (C=O) groups excluding carboxylic acids is 2. The largest absolute Gasteiger partial charge is 0.483 e. The molecule has 0 saturated heterocycles. The zero-order valence-corrected chi connectivity index (χ0v) is 24.2. The number of esters is 1. The van der Waals surface area contributed by atoms with Gasteiger partial charge in [0.2, 0.25) is 11.5 Å². The van der Waals surface area contributed by atoms with Crippen LogP contribution >= 0.6 is 0 Å². The van der Waals surface area contributed by atoms with Gasteiger partial charge < -0.3 is 9.47 Å². The molecule has 0 fully saturated rings. The first-order valence-electron chi connectivity index (χ1n) is 15.7. The van der Waals surface area contributed by atoms with Gasteiger partial charge in [0.25, 0.3) is 0 Å². The van der Waals surface area contributed by atoms with Gasteiger partial charge in [-0.25, -0.2) is 0 Å². The highest BCUT2D eigenvalue weighted by atomic mass is 16.6. The number of allylic oxidation sites excluding steroid dienone is 1. The molecule has 0 spiro atoms. The van der Waals surface area contributed by atoms with Gasteiger partial charge >= 0.3 is 5.97 Å². The Hall–Kier alpha value is -1.32. The number of rotatable bonds is 25. The highest BCUT2D eigenvalue weighted by Crippen LogP contribution is 2.25. The Morgan fingerprint density at radius 3 is 1.36 bits per heavy atom. The van der Waals surface area contributed by atoms with E-state index in [2.05, 4.69) is 6.92 Å². The molecule has 0 aromatic carbocycles. The molecule has 0 N–H and O–H groups in total. The molecule has 1 unspecified atom stereocenters. The van der Waals surface area contributed by atoms with Crippen LogP contribution in [0, 0.1) is 0 Å². The van der Waals surface area contributed by atoms with Gasteiger partial charge in [0.1, 0.15) is 5.76 Å². The summed E-state index contributed by atoms with van der Waals surface area (Å²) in [5, 5.41) is 0. The summed E-state index contributed by atoms with van der Waals surface area (Å²) in [6, 6.07) is 0. The number of ether oxygens (including phenoxy) is 2. The molecule has 0 bridgehead atoms. The Morgan fingerprint density at radius 1 is 0.639 bits per heavy atom. The highest BCUT2D eigenvalue weighted by Gasteiger charge is 2.33. The van der Waals surface area contributed by atoms with Gasteiger partial charge in [0.15, 0.2) is 6.10 Å². The predicted molar refractivity (Wildman–Crippen MR) is 151 cm³/mol. The molecule has 36 heavy (non-hydrogen) atoms. The average molecular weight is 507 g/mol. The van der Waals surface area contributed by atoms with Crippen molar-refractivity contribution in [2.24, 2.45) is 0 Å². The van der Waals surface area contributed by atoms with Crippen molar-refractivity contribution in [2.45, 2.75) is 181 Å². The maximum absolute atomic E-state index is 12.1. The molecule has 1 heterocycles. The number of ketones is 1. The number of hydrogen-bond acceptors (Lipinski definition) is 4. The molecule has 1 atom stereocenters. The van der Waals surface area contributed by atoms with Crippen molar-refractivity contribution < 1.29 is 19.1 Å². The molecule has 0 amide bonds. The summed E-state index contributed by atoms with van der Waals surface area (Å²) in [5.74, 6) is 0.119. The Morgan fingerprint density at radius 2 is 1.00 bits per heavy atom. The molecule has 0 saturated carbocycles. The van der Waals surface area contributed by atoms with E-state index in [0.29, 0.717) is 18.6 Å². The first-order valence-corrected chi connectivity index (χ1v) is 15.7. The summed E-state index contributed by atoms with van der Waals surface area (Å²) in [4.78, 5) is 24.1. The molecular formula is C32H58O4. The Balaban J connectivity index is 1.78. The SMILES string of the molecule is CCCCCCCCCCCCCCCCCCCCCCCCC(=O)OC1=C(CC)OC(C)C1=O. The average Bonchev–Trinajstić information content (AvgIpc) is 3.14. The van der Waals surface area contributed by atoms with E-state index in [1.807, 2.05) is 6.92 Å². The van der Waals surface area contributed by atoms with Gasteiger partial charge in [-0.3, -0.25) is 9.59 Å². The number of hydrogen-bond donors (Lipinski definition) is 0. The lowest BCUT2D eigenvalue weighted by atomic mass is 10.0. The molecule has 1 rings (SSSR count). The number of Topliss-reactive ketones (excluding diaryl/α,β-unsaturated/α-hetero) is 1. The van der Waals surface area contributed by atoms with E-state index in [0.717, 1.165) is 12.8 Å². The zero-order valence-electron chi connectivity index (χ0n) is 24.2. The van der Waals surface area contributed by atoms with Crippen LogP contribution < -0.4 is 0 Å². The first kappa shape index (κ1) is 32.7. The fourth-order valence-corrected chi connectivity index (χ4v) is 5.04. The lowest BCUT2D eigenvalue weighted by Crippen LogP contribution is -2.16. The van der Waals surface area contributed by atoms with E-state index in [4.69, 9.17) is 9.47 Å². The standard InChI is InChI=1S/C32H58O4/c1-4-6-7-8-9-10-11-12-13-14-15-16-17-18-19-20-21-22-23-24-25-26-27-30(33)36-32-29(5-2)35-28(3)31(32)34/h28H,4-27H2,1-3H3. The minimum Gasteiger partial charge on any atom is -0.483 e. The van der Waals surface area contributed by atoms with Gasteiger partial charge in [-0.1, -0.05) is 149 Å². The van der Waals surface area contributed by atoms with Crippen molar-refractivity contribution in [2.75, 3.05) is 0 Å². The van der Waals surface area contributed by atoms with Crippen LogP contribution in [0.15, 0.2) is 11.5 Å². The molecule has 4 nitrogen and oxygen atoms in total. The van der Waals surface area contributed by atoms with Gasteiger partial charge in [-0.15, -0.1) is 0 Å². The Kier molecular flexibility index (Phi) is 20.8. The summed E-state index contributed by atoms with van der Waals surface area (Å²) in [7, 11) is 0. The van der Waals surface area contributed by atoms with E-state index in [1.54, 1.807) is 6.92 Å². The summed E-state index contributed by atoms with van der Waals surface area (Å²) >= 11 is 0. The van der Waals surface area contributed by atoms with Crippen LogP contribution in [0.3, 0.4) is 0 Å². The third-order valence-electron chi connectivity index (χ3n) is 7.44. The molecule has 0 aromatic rings. The lowest BCUT2D eigenvalue weighted by molar-refractivity contribution is -0.142. The molecule has 210 valence electrons. The Bertz CT molecular complexity index is 595. The fraction of sp³-hybridized carbons (Fsp3) is 0.875. The Labute approximate surface area is 223 Å². The van der Waals surface area contributed by atoms with Crippen LogP contribution in [0.4, 0.5) is 0 Å². The maximum atomic E-state index is 12.1. The summed E-state index contributed by atoms with van der Waals surface area (Å²) < 4.78 is 10.8. The fourth-order valence-electron chi connectivity index (χ4n) is 5.04. The minimum absolute atomic E-state index is 0.133. The van der Waals surface area contributed by atoms with Crippen molar-refractivity contribution in [3.63, 3.8) is 0 Å².